The lowest BCUT2D eigenvalue weighted by Gasteiger charge is -2.24. The molecule has 0 atom stereocenters. The third-order valence-electron chi connectivity index (χ3n) is 5.17. The molecule has 112 valence electrons. The lowest BCUT2D eigenvalue weighted by molar-refractivity contribution is 0.629. The minimum atomic E-state index is -0.181. The van der Waals surface area contributed by atoms with Gasteiger partial charge in [0.15, 0.2) is 0 Å². The Morgan fingerprint density at radius 3 is 2.48 bits per heavy atom. The summed E-state index contributed by atoms with van der Waals surface area (Å²) in [5.41, 5.74) is 7.64. The van der Waals surface area contributed by atoms with Gasteiger partial charge in [-0.15, -0.1) is 0 Å². The van der Waals surface area contributed by atoms with Crippen molar-refractivity contribution in [2.75, 3.05) is 0 Å². The van der Waals surface area contributed by atoms with E-state index in [1.807, 2.05) is 13.1 Å². The van der Waals surface area contributed by atoms with Crippen molar-refractivity contribution in [3.63, 3.8) is 0 Å². The van der Waals surface area contributed by atoms with Gasteiger partial charge in [0.05, 0.1) is 5.52 Å². The van der Waals surface area contributed by atoms with Gasteiger partial charge in [-0.25, -0.2) is 4.39 Å². The third kappa shape index (κ3) is 1.66. The third-order valence-corrected chi connectivity index (χ3v) is 5.17. The topological polar surface area (TPSA) is 4.93 Å². The summed E-state index contributed by atoms with van der Waals surface area (Å²) in [6.45, 7) is 0. The van der Waals surface area contributed by atoms with Crippen LogP contribution in [0.4, 0.5) is 4.39 Å². The Bertz CT molecular complexity index is 1070. The number of rotatable bonds is 1. The van der Waals surface area contributed by atoms with Gasteiger partial charge < -0.3 is 4.57 Å². The number of benzene rings is 3. The second kappa shape index (κ2) is 4.45. The van der Waals surface area contributed by atoms with Gasteiger partial charge >= 0.3 is 0 Å². The highest BCUT2D eigenvalue weighted by Crippen LogP contribution is 2.43. The highest BCUT2D eigenvalue weighted by atomic mass is 19.1. The van der Waals surface area contributed by atoms with Crippen molar-refractivity contribution in [3.05, 3.63) is 71.5 Å². The van der Waals surface area contributed by atoms with Crippen LogP contribution in [-0.4, -0.2) is 4.57 Å². The minimum Gasteiger partial charge on any atom is -0.343 e. The molecule has 0 fully saturated rings. The molecular formula is C21H16FN. The summed E-state index contributed by atoms with van der Waals surface area (Å²) < 4.78 is 15.8. The summed E-state index contributed by atoms with van der Waals surface area (Å²) in [6.07, 6.45) is 2.27. The molecule has 5 rings (SSSR count). The number of hydrogen-bond donors (Lipinski definition) is 0. The van der Waals surface area contributed by atoms with Crippen molar-refractivity contribution in [1.82, 2.24) is 4.57 Å². The molecule has 4 aromatic rings. The van der Waals surface area contributed by atoms with Gasteiger partial charge in [0, 0.05) is 23.3 Å². The van der Waals surface area contributed by atoms with E-state index in [-0.39, 0.29) is 5.82 Å². The number of fused-ring (bicyclic) bond motifs is 4. The van der Waals surface area contributed by atoms with Crippen molar-refractivity contribution in [2.24, 2.45) is 7.05 Å². The Morgan fingerprint density at radius 2 is 1.74 bits per heavy atom. The van der Waals surface area contributed by atoms with Gasteiger partial charge in [0.2, 0.25) is 0 Å². The fourth-order valence-corrected chi connectivity index (χ4v) is 3.94. The minimum absolute atomic E-state index is 0.181. The fourth-order valence-electron chi connectivity index (χ4n) is 3.94. The highest BCUT2D eigenvalue weighted by molar-refractivity contribution is 6.16. The van der Waals surface area contributed by atoms with Crippen LogP contribution in [0.15, 0.2) is 54.6 Å². The largest absolute Gasteiger partial charge is 0.343 e. The molecule has 0 radical (unpaired) electrons. The van der Waals surface area contributed by atoms with Crippen molar-refractivity contribution >= 4 is 21.8 Å². The van der Waals surface area contributed by atoms with Gasteiger partial charge in [-0.3, -0.25) is 0 Å². The molecule has 2 heteroatoms. The maximum atomic E-state index is 13.7. The first-order valence-electron chi connectivity index (χ1n) is 8.02. The van der Waals surface area contributed by atoms with Crippen molar-refractivity contribution in [3.8, 4) is 11.1 Å². The van der Waals surface area contributed by atoms with Crippen LogP contribution in [0.5, 0.6) is 0 Å². The quantitative estimate of drug-likeness (QED) is 0.453. The number of nitrogens with zero attached hydrogens (tertiary/aromatic N) is 1. The number of aromatic nitrogens is 1. The molecule has 1 aromatic heterocycles. The lowest BCUT2D eigenvalue weighted by Crippen LogP contribution is -2.10. The van der Waals surface area contributed by atoms with Gasteiger partial charge in [-0.05, 0) is 59.4 Å². The van der Waals surface area contributed by atoms with Crippen LogP contribution >= 0.6 is 0 Å². The predicted molar refractivity (Wildman–Crippen MR) is 93.2 cm³/mol. The zero-order valence-electron chi connectivity index (χ0n) is 12.9. The van der Waals surface area contributed by atoms with Crippen molar-refractivity contribution < 1.29 is 4.39 Å². The maximum Gasteiger partial charge on any atom is 0.125 e. The Kier molecular flexibility index (Phi) is 2.49. The molecule has 1 heterocycles. The van der Waals surface area contributed by atoms with Crippen LogP contribution in [0.25, 0.3) is 32.9 Å². The van der Waals surface area contributed by atoms with E-state index in [1.54, 1.807) is 12.1 Å². The summed E-state index contributed by atoms with van der Waals surface area (Å²) in [7, 11) is 2.03. The zero-order chi connectivity index (χ0) is 15.6. The normalized spacial score (nSPS) is 13.3. The van der Waals surface area contributed by atoms with E-state index in [2.05, 4.69) is 41.0 Å². The van der Waals surface area contributed by atoms with Gasteiger partial charge in [-0.1, -0.05) is 30.3 Å². The molecule has 0 unspecified atom stereocenters. The molecule has 23 heavy (non-hydrogen) atoms. The molecule has 0 amide bonds. The first kappa shape index (κ1) is 12.9. The predicted octanol–water partition coefficient (Wildman–Crippen LogP) is 5.24. The van der Waals surface area contributed by atoms with Crippen LogP contribution < -0.4 is 0 Å². The van der Waals surface area contributed by atoms with E-state index in [1.165, 1.54) is 33.2 Å². The van der Waals surface area contributed by atoms with Crippen molar-refractivity contribution in [1.29, 1.82) is 0 Å². The van der Waals surface area contributed by atoms with Gasteiger partial charge in [-0.2, -0.15) is 0 Å². The first-order chi connectivity index (χ1) is 11.2. The molecular weight excluding hydrogens is 285 g/mol. The summed E-state index contributed by atoms with van der Waals surface area (Å²) in [5.74, 6) is -0.181. The van der Waals surface area contributed by atoms with Gasteiger partial charge in [0.1, 0.15) is 5.82 Å². The molecule has 0 aliphatic heterocycles. The Morgan fingerprint density at radius 1 is 0.913 bits per heavy atom. The summed E-state index contributed by atoms with van der Waals surface area (Å²) in [6, 6.07) is 18.0. The first-order valence-corrected chi connectivity index (χ1v) is 8.02. The highest BCUT2D eigenvalue weighted by Gasteiger charge is 2.24. The molecule has 3 aromatic carbocycles. The Hall–Kier alpha value is -2.61. The van der Waals surface area contributed by atoms with Crippen molar-refractivity contribution in [2.45, 2.75) is 12.8 Å². The fraction of sp³-hybridized carbons (Fsp3) is 0.143. The smallest absolute Gasteiger partial charge is 0.125 e. The zero-order valence-corrected chi connectivity index (χ0v) is 12.9. The molecule has 1 aliphatic carbocycles. The Balaban J connectivity index is 2.02. The average Bonchev–Trinajstić information content (AvgIpc) is 2.82. The van der Waals surface area contributed by atoms with E-state index in [4.69, 9.17) is 0 Å². The van der Waals surface area contributed by atoms with Crippen LogP contribution in [0.1, 0.15) is 11.1 Å². The number of halogens is 1. The molecule has 0 saturated carbocycles. The maximum absolute atomic E-state index is 13.7. The van der Waals surface area contributed by atoms with Crippen LogP contribution in [0.2, 0.25) is 0 Å². The summed E-state index contributed by atoms with van der Waals surface area (Å²) in [4.78, 5) is 0. The summed E-state index contributed by atoms with van der Waals surface area (Å²) >= 11 is 0. The molecule has 1 aliphatic rings. The summed E-state index contributed by atoms with van der Waals surface area (Å²) in [5, 5.41) is 2.39. The Labute approximate surface area is 134 Å². The second-order valence-electron chi connectivity index (χ2n) is 6.37. The molecule has 1 nitrogen and oxygen atoms in total. The van der Waals surface area contributed by atoms with E-state index in [9.17, 15) is 4.39 Å². The van der Waals surface area contributed by atoms with Crippen LogP contribution in [0.3, 0.4) is 0 Å². The van der Waals surface area contributed by atoms with E-state index in [0.29, 0.717) is 0 Å². The number of aryl methyl sites for hydroxylation is 2. The monoisotopic (exact) mass is 301 g/mol. The number of hydrogen-bond acceptors (Lipinski definition) is 0. The second-order valence-corrected chi connectivity index (χ2v) is 6.37. The van der Waals surface area contributed by atoms with E-state index in [0.717, 1.165) is 23.7 Å². The van der Waals surface area contributed by atoms with E-state index < -0.39 is 0 Å². The molecule has 0 bridgehead atoms. The molecule has 0 saturated heterocycles. The van der Waals surface area contributed by atoms with Crippen LogP contribution in [-0.2, 0) is 19.9 Å². The SMILES string of the molecule is Cn1c2cc(F)ccc2c2c(-c3ccccc3)c3c(cc21)CC3. The average molecular weight is 301 g/mol. The van der Waals surface area contributed by atoms with E-state index >= 15 is 0 Å². The molecule has 0 N–H and O–H groups in total. The van der Waals surface area contributed by atoms with Gasteiger partial charge in [0.25, 0.3) is 0 Å². The molecule has 0 spiro atoms. The van der Waals surface area contributed by atoms with Crippen LogP contribution in [0, 0.1) is 5.82 Å². The standard InChI is InChI=1S/C21H16FN/c1-23-18-12-15(22)8-10-17(18)21-19(23)11-14-7-9-16(14)20(21)13-5-3-2-4-6-13/h2-6,8,10-12H,7,9H2,1H3. The lowest BCUT2D eigenvalue weighted by atomic mass is 9.80.